The van der Waals surface area contributed by atoms with Crippen molar-refractivity contribution in [3.8, 4) is 0 Å². The van der Waals surface area contributed by atoms with Crippen LogP contribution >= 0.6 is 0 Å². The Hall–Kier alpha value is -2.43. The summed E-state index contributed by atoms with van der Waals surface area (Å²) in [7, 11) is 0. The van der Waals surface area contributed by atoms with E-state index in [0.717, 1.165) is 90.3 Å². The fourth-order valence-corrected chi connectivity index (χ4v) is 6.65. The molecule has 10 nitrogen and oxygen atoms in total. The predicted octanol–water partition coefficient (Wildman–Crippen LogP) is 13.2. The number of ether oxygens (including phenoxy) is 6. The molecule has 0 aromatic heterocycles. The molecule has 0 N–H and O–H groups in total. The smallest absolute Gasteiger partial charge is 0.465 e. The van der Waals surface area contributed by atoms with Crippen LogP contribution in [0.3, 0.4) is 0 Å². The van der Waals surface area contributed by atoms with Crippen LogP contribution in [-0.4, -0.2) is 88.6 Å². The first-order chi connectivity index (χ1) is 29.4. The largest absolute Gasteiger partial charge is 0.508 e. The molecule has 352 valence electrons. The molecular weight excluding hydrogens is 759 g/mol. The number of allylic oxidation sites excluding steroid dienone is 4. The molecule has 0 amide bonds. The molecule has 0 aromatic carbocycles. The third-order valence-electron chi connectivity index (χ3n) is 10.6. The van der Waals surface area contributed by atoms with Crippen molar-refractivity contribution in [2.45, 2.75) is 214 Å². The van der Waals surface area contributed by atoms with Crippen LogP contribution in [0.5, 0.6) is 0 Å². The number of hydrogen-bond acceptors (Lipinski definition) is 10. The maximum absolute atomic E-state index is 12.9. The fourth-order valence-electron chi connectivity index (χ4n) is 6.65. The Morgan fingerprint density at radius 3 is 1.50 bits per heavy atom. The highest BCUT2D eigenvalue weighted by Crippen LogP contribution is 2.14. The molecule has 1 atom stereocenters. The summed E-state index contributed by atoms with van der Waals surface area (Å²) in [5.41, 5.74) is 0. The molecule has 0 heterocycles. The molecule has 0 saturated carbocycles. The molecule has 0 aliphatic heterocycles. The third kappa shape index (κ3) is 40.9. The second-order valence-corrected chi connectivity index (χ2v) is 16.2. The second kappa shape index (κ2) is 46.1. The quantitative estimate of drug-likeness (QED) is 0.0193. The summed E-state index contributed by atoms with van der Waals surface area (Å²) in [5, 5.41) is 0. The Bertz CT molecular complexity index is 998. The zero-order valence-electron chi connectivity index (χ0n) is 39.5. The van der Waals surface area contributed by atoms with E-state index < -0.39 is 24.3 Å². The zero-order valence-corrected chi connectivity index (χ0v) is 39.5. The monoisotopic (exact) mass is 852 g/mol. The van der Waals surface area contributed by atoms with E-state index in [-0.39, 0.29) is 38.8 Å². The minimum atomic E-state index is -0.782. The highest BCUT2D eigenvalue weighted by Gasteiger charge is 2.20. The number of nitrogens with zero attached hydrogens (tertiary/aromatic N) is 1. The lowest BCUT2D eigenvalue weighted by Crippen LogP contribution is -2.28. The Labute approximate surface area is 368 Å². The molecule has 0 saturated heterocycles. The van der Waals surface area contributed by atoms with Gasteiger partial charge in [0.2, 0.25) is 0 Å². The Balaban J connectivity index is 4.84. The van der Waals surface area contributed by atoms with E-state index in [1.54, 1.807) is 0 Å². The van der Waals surface area contributed by atoms with E-state index in [2.05, 4.69) is 63.8 Å². The van der Waals surface area contributed by atoms with E-state index in [4.69, 9.17) is 28.4 Å². The van der Waals surface area contributed by atoms with Crippen LogP contribution < -0.4 is 0 Å². The second-order valence-electron chi connectivity index (χ2n) is 16.2. The molecule has 0 radical (unpaired) electrons. The van der Waals surface area contributed by atoms with Gasteiger partial charge in [-0.25, -0.2) is 4.79 Å². The van der Waals surface area contributed by atoms with Crippen molar-refractivity contribution in [1.29, 1.82) is 0 Å². The number of unbranched alkanes of at least 4 members (excludes halogenated alkanes) is 18. The summed E-state index contributed by atoms with van der Waals surface area (Å²) in [4.78, 5) is 40.2. The highest BCUT2D eigenvalue weighted by atomic mass is 16.7. The van der Waals surface area contributed by atoms with Gasteiger partial charge in [0, 0.05) is 32.6 Å². The molecule has 10 heteroatoms. The van der Waals surface area contributed by atoms with E-state index in [1.165, 1.54) is 77.0 Å². The van der Waals surface area contributed by atoms with Crippen molar-refractivity contribution in [3.05, 3.63) is 24.3 Å². The van der Waals surface area contributed by atoms with Crippen LogP contribution in [0.15, 0.2) is 24.3 Å². The fraction of sp³-hybridized carbons (Fsp3) is 0.860. The van der Waals surface area contributed by atoms with Crippen LogP contribution in [0.25, 0.3) is 0 Å². The van der Waals surface area contributed by atoms with Gasteiger partial charge in [0.15, 0.2) is 6.29 Å². The van der Waals surface area contributed by atoms with Crippen molar-refractivity contribution in [2.24, 2.45) is 5.92 Å². The summed E-state index contributed by atoms with van der Waals surface area (Å²) >= 11 is 0. The van der Waals surface area contributed by atoms with Gasteiger partial charge < -0.3 is 33.3 Å². The summed E-state index contributed by atoms with van der Waals surface area (Å²) in [6, 6.07) is 0. The van der Waals surface area contributed by atoms with Crippen LogP contribution in [0.1, 0.15) is 208 Å². The van der Waals surface area contributed by atoms with Gasteiger partial charge in [-0.2, -0.15) is 0 Å². The number of hydrogen-bond donors (Lipinski definition) is 0. The Morgan fingerprint density at radius 1 is 0.467 bits per heavy atom. The van der Waals surface area contributed by atoms with Gasteiger partial charge in [-0.05, 0) is 70.9 Å². The summed E-state index contributed by atoms with van der Waals surface area (Å²) in [6.45, 7) is 14.9. The number of carbonyl (C=O) groups excluding carboxylic acids is 3. The average Bonchev–Trinajstić information content (AvgIpc) is 3.25. The first kappa shape index (κ1) is 57.6. The normalized spacial score (nSPS) is 12.2. The van der Waals surface area contributed by atoms with E-state index >= 15 is 0 Å². The lowest BCUT2D eigenvalue weighted by atomic mass is 10.1. The summed E-state index contributed by atoms with van der Waals surface area (Å²) in [6.07, 6.45) is 35.7. The molecule has 0 aliphatic carbocycles. The minimum absolute atomic E-state index is 0.0209. The van der Waals surface area contributed by atoms with Crippen molar-refractivity contribution >= 4 is 18.1 Å². The van der Waals surface area contributed by atoms with Gasteiger partial charge >= 0.3 is 18.1 Å². The van der Waals surface area contributed by atoms with Crippen LogP contribution in [0.4, 0.5) is 4.79 Å². The lowest BCUT2D eigenvalue weighted by Gasteiger charge is -2.20. The first-order valence-electron chi connectivity index (χ1n) is 24.8. The van der Waals surface area contributed by atoms with Gasteiger partial charge in [-0.3, -0.25) is 9.59 Å². The molecule has 60 heavy (non-hydrogen) atoms. The molecule has 0 spiro atoms. The Morgan fingerprint density at radius 2 is 0.933 bits per heavy atom. The first-order valence-corrected chi connectivity index (χ1v) is 24.8. The lowest BCUT2D eigenvalue weighted by molar-refractivity contribution is -0.161. The van der Waals surface area contributed by atoms with Gasteiger partial charge in [0.1, 0.15) is 19.8 Å². The number of rotatable bonds is 45. The Kier molecular flexibility index (Phi) is 44.2. The minimum Gasteiger partial charge on any atom is -0.465 e. The van der Waals surface area contributed by atoms with Crippen molar-refractivity contribution in [3.63, 3.8) is 0 Å². The molecule has 0 fully saturated rings. The summed E-state index contributed by atoms with van der Waals surface area (Å²) < 4.78 is 34.1. The van der Waals surface area contributed by atoms with E-state index in [1.807, 2.05) is 0 Å². The van der Waals surface area contributed by atoms with Crippen LogP contribution in [-0.2, 0) is 38.0 Å². The molecule has 1 unspecified atom stereocenters. The van der Waals surface area contributed by atoms with Crippen molar-refractivity contribution in [1.82, 2.24) is 4.90 Å². The van der Waals surface area contributed by atoms with Crippen molar-refractivity contribution in [2.75, 3.05) is 59.3 Å². The predicted molar refractivity (Wildman–Crippen MR) is 246 cm³/mol. The van der Waals surface area contributed by atoms with Gasteiger partial charge in [0.25, 0.3) is 0 Å². The van der Waals surface area contributed by atoms with E-state index in [0.29, 0.717) is 32.5 Å². The van der Waals surface area contributed by atoms with Crippen LogP contribution in [0, 0.1) is 5.92 Å². The number of esters is 2. The molecule has 0 aromatic rings. The number of carbonyl (C=O) groups is 3. The van der Waals surface area contributed by atoms with Gasteiger partial charge in [-0.15, -0.1) is 0 Å². The maximum atomic E-state index is 12.9. The molecule has 0 aliphatic rings. The molecule has 0 bridgehead atoms. The third-order valence-corrected chi connectivity index (χ3v) is 10.6. The summed E-state index contributed by atoms with van der Waals surface area (Å²) in [5.74, 6) is -1.22. The average molecular weight is 852 g/mol. The SMILES string of the molecule is CCCCC/C=C/C/C=C/CCCCCCCC(=O)OCC(COC(=O)CCC(OCCCCCCCC)OCCCCCCCC)COC(=O)OCCCN(CC)CC. The zero-order chi connectivity index (χ0) is 44.0. The molecule has 0 rings (SSSR count). The standard InChI is InChI=1S/C50H93NO9/c1-6-11-14-17-20-21-22-23-24-25-26-27-28-29-32-36-47(52)58-43-46(45-60-50(54)57-42-35-39-51(9-4)10-5)44-59-48(53)37-38-49(55-40-33-30-18-15-12-7-2)56-41-34-31-19-16-13-8-3/h20-21,23-24,46,49H,6-19,22,25-45H2,1-5H3/b21-20+,24-23+. The molecular formula is C50H93NO9. The van der Waals surface area contributed by atoms with Crippen molar-refractivity contribution < 1.29 is 42.8 Å². The maximum Gasteiger partial charge on any atom is 0.508 e. The van der Waals surface area contributed by atoms with E-state index in [9.17, 15) is 14.4 Å². The van der Waals surface area contributed by atoms with Gasteiger partial charge in [-0.1, -0.05) is 155 Å². The topological polar surface area (TPSA) is 110 Å². The van der Waals surface area contributed by atoms with Crippen LogP contribution in [0.2, 0.25) is 0 Å². The van der Waals surface area contributed by atoms with Gasteiger partial charge in [0.05, 0.1) is 18.9 Å². The highest BCUT2D eigenvalue weighted by molar-refractivity contribution is 5.69.